The Kier molecular flexibility index (Phi) is 5.69. The molecule has 0 aliphatic heterocycles. The van der Waals surface area contributed by atoms with Crippen LogP contribution in [-0.4, -0.2) is 41.0 Å². The number of ether oxygens (including phenoxy) is 1. The Hall–Kier alpha value is -2.16. The van der Waals surface area contributed by atoms with Crippen molar-refractivity contribution in [1.29, 1.82) is 0 Å². The van der Waals surface area contributed by atoms with Gasteiger partial charge in [-0.1, -0.05) is 19.0 Å². The van der Waals surface area contributed by atoms with Crippen LogP contribution in [0.25, 0.3) is 11.1 Å². The summed E-state index contributed by atoms with van der Waals surface area (Å²) >= 11 is 0. The molecule has 0 spiro atoms. The minimum absolute atomic E-state index is 0.122. The molecular weight excluding hydrogens is 363 g/mol. The van der Waals surface area contributed by atoms with Crippen LogP contribution in [0.1, 0.15) is 61.5 Å². The number of halogens is 3. The number of nitrogens with one attached hydrogen (secondary N) is 1. The fourth-order valence-corrected chi connectivity index (χ4v) is 3.30. The Morgan fingerprint density at radius 2 is 2.19 bits per heavy atom. The molecule has 27 heavy (non-hydrogen) atoms. The van der Waals surface area contributed by atoms with Gasteiger partial charge in [0.25, 0.3) is 11.6 Å². The summed E-state index contributed by atoms with van der Waals surface area (Å²) in [6, 6.07) is 1.46. The number of carbonyl (C=O) groups is 1. The molecule has 0 radical (unpaired) electrons. The standard InChI is InChI=1S/C18H22F3N3O3/c1-10(2)15-14-6-11(8-22-17(14)27-24-15)16(25)23-12-4-3-5-13(7-12)26-9-18(19,20)21/h6,8,10,12-13H,3-5,7,9H2,1-2H3,(H,23,25)/t12-,13-/m1/s1. The first-order valence-corrected chi connectivity index (χ1v) is 8.97. The molecule has 148 valence electrons. The molecule has 0 unspecified atom stereocenters. The average molecular weight is 385 g/mol. The van der Waals surface area contributed by atoms with Crippen LogP contribution >= 0.6 is 0 Å². The molecule has 1 aliphatic rings. The van der Waals surface area contributed by atoms with Crippen molar-refractivity contribution in [2.45, 2.75) is 63.8 Å². The fourth-order valence-electron chi connectivity index (χ4n) is 3.30. The molecule has 0 aromatic carbocycles. The van der Waals surface area contributed by atoms with Crippen LogP contribution in [0.2, 0.25) is 0 Å². The number of hydrogen-bond acceptors (Lipinski definition) is 5. The van der Waals surface area contributed by atoms with Gasteiger partial charge in [-0.15, -0.1) is 0 Å². The molecule has 1 amide bonds. The van der Waals surface area contributed by atoms with Crippen LogP contribution in [0.5, 0.6) is 0 Å². The summed E-state index contributed by atoms with van der Waals surface area (Å²) in [5.41, 5.74) is 1.46. The van der Waals surface area contributed by atoms with E-state index in [9.17, 15) is 18.0 Å². The molecular formula is C18H22F3N3O3. The molecule has 0 bridgehead atoms. The van der Waals surface area contributed by atoms with E-state index in [4.69, 9.17) is 9.26 Å². The highest BCUT2D eigenvalue weighted by atomic mass is 19.4. The van der Waals surface area contributed by atoms with Crippen LogP contribution < -0.4 is 5.32 Å². The highest BCUT2D eigenvalue weighted by Gasteiger charge is 2.31. The monoisotopic (exact) mass is 385 g/mol. The first kappa shape index (κ1) is 19.6. The lowest BCUT2D eigenvalue weighted by molar-refractivity contribution is -0.188. The van der Waals surface area contributed by atoms with Crippen LogP contribution in [0.3, 0.4) is 0 Å². The lowest BCUT2D eigenvalue weighted by Gasteiger charge is -2.30. The summed E-state index contributed by atoms with van der Waals surface area (Å²) in [4.78, 5) is 16.7. The quantitative estimate of drug-likeness (QED) is 0.843. The van der Waals surface area contributed by atoms with Crippen molar-refractivity contribution in [1.82, 2.24) is 15.5 Å². The Morgan fingerprint density at radius 3 is 2.89 bits per heavy atom. The Morgan fingerprint density at radius 1 is 1.41 bits per heavy atom. The first-order chi connectivity index (χ1) is 12.7. The summed E-state index contributed by atoms with van der Waals surface area (Å²) in [5, 5.41) is 7.55. The van der Waals surface area contributed by atoms with Crippen LogP contribution in [0.15, 0.2) is 16.8 Å². The van der Waals surface area contributed by atoms with Crippen molar-refractivity contribution < 1.29 is 27.2 Å². The molecule has 1 fully saturated rings. The maximum absolute atomic E-state index is 12.6. The predicted octanol–water partition coefficient (Wildman–Crippen LogP) is 3.97. The van der Waals surface area contributed by atoms with E-state index in [-0.39, 0.29) is 17.9 Å². The van der Waals surface area contributed by atoms with Crippen LogP contribution in [0.4, 0.5) is 13.2 Å². The number of rotatable bonds is 5. The van der Waals surface area contributed by atoms with Gasteiger partial charge in [0.1, 0.15) is 6.61 Å². The molecule has 1 saturated carbocycles. The van der Waals surface area contributed by atoms with Gasteiger partial charge in [0.2, 0.25) is 0 Å². The molecule has 3 rings (SSSR count). The van der Waals surface area contributed by atoms with E-state index in [0.717, 1.165) is 5.69 Å². The average Bonchev–Trinajstić information content (AvgIpc) is 3.03. The van der Waals surface area contributed by atoms with Crippen molar-refractivity contribution in [3.05, 3.63) is 23.5 Å². The van der Waals surface area contributed by atoms with E-state index >= 15 is 0 Å². The number of nitrogens with zero attached hydrogens (tertiary/aromatic N) is 2. The minimum Gasteiger partial charge on any atom is -0.369 e. The number of alkyl halides is 3. The van der Waals surface area contributed by atoms with Gasteiger partial charge in [-0.25, -0.2) is 4.98 Å². The summed E-state index contributed by atoms with van der Waals surface area (Å²) in [6.07, 6.45) is -1.10. The van der Waals surface area contributed by atoms with E-state index in [1.807, 2.05) is 13.8 Å². The molecule has 2 aromatic heterocycles. The maximum Gasteiger partial charge on any atom is 0.411 e. The number of aromatic nitrogens is 2. The second-order valence-electron chi connectivity index (χ2n) is 7.18. The maximum atomic E-state index is 12.6. The SMILES string of the molecule is CC(C)c1noc2ncc(C(=O)N[C@@H]3CCC[C@@H](OCC(F)(F)F)C3)cc12. The third-order valence-electron chi connectivity index (χ3n) is 4.61. The highest BCUT2D eigenvalue weighted by molar-refractivity contribution is 5.97. The van der Waals surface area contributed by atoms with Gasteiger partial charge in [-0.2, -0.15) is 13.2 Å². The Labute approximate surface area is 154 Å². The number of carbonyl (C=O) groups excluding carboxylic acids is 1. The first-order valence-electron chi connectivity index (χ1n) is 8.97. The van der Waals surface area contributed by atoms with Gasteiger partial charge in [0.15, 0.2) is 0 Å². The number of amides is 1. The summed E-state index contributed by atoms with van der Waals surface area (Å²) < 4.78 is 47.1. The third-order valence-corrected chi connectivity index (χ3v) is 4.61. The second kappa shape index (κ2) is 7.84. The summed E-state index contributed by atoms with van der Waals surface area (Å²) in [6.45, 7) is 2.67. The van der Waals surface area contributed by atoms with Crippen molar-refractivity contribution in [2.75, 3.05) is 6.61 Å². The summed E-state index contributed by atoms with van der Waals surface area (Å²) in [7, 11) is 0. The van der Waals surface area contributed by atoms with E-state index in [1.54, 1.807) is 6.07 Å². The number of fused-ring (bicyclic) bond motifs is 1. The van der Waals surface area contributed by atoms with Crippen molar-refractivity contribution in [3.63, 3.8) is 0 Å². The number of hydrogen-bond donors (Lipinski definition) is 1. The lowest BCUT2D eigenvalue weighted by Crippen LogP contribution is -2.41. The Bertz CT molecular complexity index is 804. The van der Waals surface area contributed by atoms with Crippen molar-refractivity contribution in [3.8, 4) is 0 Å². The van der Waals surface area contributed by atoms with E-state index in [1.165, 1.54) is 6.20 Å². The smallest absolute Gasteiger partial charge is 0.369 e. The van der Waals surface area contributed by atoms with Gasteiger partial charge >= 0.3 is 6.18 Å². The van der Waals surface area contributed by atoms with E-state index < -0.39 is 18.9 Å². The van der Waals surface area contributed by atoms with E-state index in [0.29, 0.717) is 42.3 Å². The fraction of sp³-hybridized carbons (Fsp3) is 0.611. The third kappa shape index (κ3) is 4.97. The largest absolute Gasteiger partial charge is 0.411 e. The zero-order valence-corrected chi connectivity index (χ0v) is 15.2. The van der Waals surface area contributed by atoms with Crippen molar-refractivity contribution >= 4 is 17.0 Å². The zero-order valence-electron chi connectivity index (χ0n) is 15.2. The molecule has 2 aromatic rings. The molecule has 9 heteroatoms. The van der Waals surface area contributed by atoms with Crippen LogP contribution in [-0.2, 0) is 4.74 Å². The summed E-state index contributed by atoms with van der Waals surface area (Å²) in [5.74, 6) is -0.196. The molecule has 1 aliphatic carbocycles. The highest BCUT2D eigenvalue weighted by Crippen LogP contribution is 2.26. The number of pyridine rings is 1. The normalized spacial score (nSPS) is 21.0. The lowest BCUT2D eigenvalue weighted by atomic mass is 9.92. The topological polar surface area (TPSA) is 77.2 Å². The van der Waals surface area contributed by atoms with Crippen molar-refractivity contribution in [2.24, 2.45) is 0 Å². The molecule has 0 saturated heterocycles. The van der Waals surface area contributed by atoms with E-state index in [2.05, 4.69) is 15.5 Å². The van der Waals surface area contributed by atoms with Gasteiger partial charge in [0.05, 0.1) is 22.7 Å². The van der Waals surface area contributed by atoms with Gasteiger partial charge in [-0.05, 0) is 37.7 Å². The Balaban J connectivity index is 1.64. The van der Waals surface area contributed by atoms with Gasteiger partial charge in [0, 0.05) is 12.2 Å². The molecule has 6 nitrogen and oxygen atoms in total. The second-order valence-corrected chi connectivity index (χ2v) is 7.18. The predicted molar refractivity (Wildman–Crippen MR) is 91.4 cm³/mol. The molecule has 2 heterocycles. The van der Waals surface area contributed by atoms with Crippen LogP contribution in [0, 0.1) is 0 Å². The van der Waals surface area contributed by atoms with Gasteiger partial charge < -0.3 is 14.6 Å². The zero-order chi connectivity index (χ0) is 19.6. The molecule has 2 atom stereocenters. The minimum atomic E-state index is -4.34. The molecule has 1 N–H and O–H groups in total. The van der Waals surface area contributed by atoms with Gasteiger partial charge in [-0.3, -0.25) is 4.79 Å².